The number of halogens is 1. The Labute approximate surface area is 116 Å². The molecular formula is C13H19BrN2O2. The van der Waals surface area contributed by atoms with E-state index in [-0.39, 0.29) is 11.5 Å². The zero-order valence-electron chi connectivity index (χ0n) is 10.8. The summed E-state index contributed by atoms with van der Waals surface area (Å²) >= 11 is 3.42. The number of aromatic nitrogens is 1. The first-order valence-corrected chi connectivity index (χ1v) is 7.17. The molecule has 0 aliphatic heterocycles. The number of alkyl halides is 1. The lowest BCUT2D eigenvalue weighted by atomic mass is 10.1. The van der Waals surface area contributed by atoms with Crippen LogP contribution in [0.3, 0.4) is 0 Å². The SMILES string of the molecule is CC(CBr)CCCNC(=O)c1ccn(C)c(=O)c1. The Morgan fingerprint density at radius 3 is 2.89 bits per heavy atom. The summed E-state index contributed by atoms with van der Waals surface area (Å²) in [5, 5.41) is 3.80. The largest absolute Gasteiger partial charge is 0.352 e. The smallest absolute Gasteiger partial charge is 0.251 e. The first-order chi connectivity index (χ1) is 8.54. The molecule has 1 aromatic heterocycles. The summed E-state index contributed by atoms with van der Waals surface area (Å²) in [6.07, 6.45) is 3.62. The van der Waals surface area contributed by atoms with E-state index in [2.05, 4.69) is 28.2 Å². The van der Waals surface area contributed by atoms with Crippen molar-refractivity contribution in [3.8, 4) is 0 Å². The van der Waals surface area contributed by atoms with Crippen LogP contribution in [0.4, 0.5) is 0 Å². The number of rotatable bonds is 6. The van der Waals surface area contributed by atoms with E-state index in [1.54, 1.807) is 19.3 Å². The molecule has 1 amide bonds. The van der Waals surface area contributed by atoms with Gasteiger partial charge < -0.3 is 9.88 Å². The molecule has 0 fully saturated rings. The van der Waals surface area contributed by atoms with Gasteiger partial charge in [0.2, 0.25) is 0 Å². The van der Waals surface area contributed by atoms with Crippen molar-refractivity contribution >= 4 is 21.8 Å². The molecule has 0 bridgehead atoms. The highest BCUT2D eigenvalue weighted by molar-refractivity contribution is 9.09. The van der Waals surface area contributed by atoms with Gasteiger partial charge in [0.15, 0.2) is 0 Å². The van der Waals surface area contributed by atoms with Crippen molar-refractivity contribution in [1.29, 1.82) is 0 Å². The van der Waals surface area contributed by atoms with Crippen LogP contribution in [-0.2, 0) is 7.05 Å². The first-order valence-electron chi connectivity index (χ1n) is 6.05. The van der Waals surface area contributed by atoms with Gasteiger partial charge in [-0.2, -0.15) is 0 Å². The highest BCUT2D eigenvalue weighted by Gasteiger charge is 2.06. The molecule has 1 atom stereocenters. The van der Waals surface area contributed by atoms with Crippen molar-refractivity contribution in [2.24, 2.45) is 13.0 Å². The van der Waals surface area contributed by atoms with Gasteiger partial charge in [-0.05, 0) is 24.8 Å². The minimum Gasteiger partial charge on any atom is -0.352 e. The van der Waals surface area contributed by atoms with Gasteiger partial charge >= 0.3 is 0 Å². The van der Waals surface area contributed by atoms with E-state index in [4.69, 9.17) is 0 Å². The lowest BCUT2D eigenvalue weighted by molar-refractivity contribution is 0.0952. The average Bonchev–Trinajstić information content (AvgIpc) is 2.37. The molecule has 18 heavy (non-hydrogen) atoms. The Morgan fingerprint density at radius 2 is 2.28 bits per heavy atom. The number of carbonyl (C=O) groups is 1. The normalized spacial score (nSPS) is 12.2. The highest BCUT2D eigenvalue weighted by atomic mass is 79.9. The Balaban J connectivity index is 2.41. The molecule has 0 saturated carbocycles. The lowest BCUT2D eigenvalue weighted by Crippen LogP contribution is -2.27. The molecule has 1 N–H and O–H groups in total. The molecule has 100 valence electrons. The first kappa shape index (κ1) is 15.0. The molecule has 4 nitrogen and oxygen atoms in total. The number of amides is 1. The van der Waals surface area contributed by atoms with Gasteiger partial charge in [-0.3, -0.25) is 9.59 Å². The molecule has 1 aromatic rings. The van der Waals surface area contributed by atoms with Gasteiger partial charge in [-0.1, -0.05) is 22.9 Å². The number of nitrogens with one attached hydrogen (secondary N) is 1. The second kappa shape index (κ2) is 7.36. The molecule has 0 radical (unpaired) electrons. The molecule has 1 rings (SSSR count). The monoisotopic (exact) mass is 314 g/mol. The van der Waals surface area contributed by atoms with Gasteiger partial charge in [-0.25, -0.2) is 0 Å². The van der Waals surface area contributed by atoms with Gasteiger partial charge in [0.05, 0.1) is 0 Å². The number of carbonyl (C=O) groups excluding carboxylic acids is 1. The van der Waals surface area contributed by atoms with Crippen molar-refractivity contribution < 1.29 is 4.79 Å². The van der Waals surface area contributed by atoms with Crippen LogP contribution in [-0.4, -0.2) is 22.3 Å². The van der Waals surface area contributed by atoms with E-state index in [0.717, 1.165) is 18.2 Å². The number of hydrogen-bond donors (Lipinski definition) is 1. The standard InChI is InChI=1S/C13H19BrN2O2/c1-10(9-14)4-3-6-15-13(18)11-5-7-16(2)12(17)8-11/h5,7-8,10H,3-4,6,9H2,1-2H3,(H,15,18). The third-order valence-electron chi connectivity index (χ3n) is 2.79. The Morgan fingerprint density at radius 1 is 1.56 bits per heavy atom. The summed E-state index contributed by atoms with van der Waals surface area (Å²) in [6.45, 7) is 2.81. The third kappa shape index (κ3) is 4.64. The van der Waals surface area contributed by atoms with Crippen LogP contribution in [0, 0.1) is 5.92 Å². The van der Waals surface area contributed by atoms with E-state index in [9.17, 15) is 9.59 Å². The molecule has 1 heterocycles. The fraction of sp³-hybridized carbons (Fsp3) is 0.538. The topological polar surface area (TPSA) is 51.1 Å². The zero-order valence-corrected chi connectivity index (χ0v) is 12.4. The van der Waals surface area contributed by atoms with E-state index in [0.29, 0.717) is 18.0 Å². The zero-order chi connectivity index (χ0) is 13.5. The average molecular weight is 315 g/mol. The molecule has 0 aliphatic rings. The summed E-state index contributed by atoms with van der Waals surface area (Å²) < 4.78 is 1.44. The minimum absolute atomic E-state index is 0.171. The highest BCUT2D eigenvalue weighted by Crippen LogP contribution is 2.07. The van der Waals surface area contributed by atoms with Crippen LogP contribution in [0.25, 0.3) is 0 Å². The number of nitrogens with zero attached hydrogens (tertiary/aromatic N) is 1. The summed E-state index contributed by atoms with van der Waals surface area (Å²) in [5.74, 6) is 0.435. The summed E-state index contributed by atoms with van der Waals surface area (Å²) in [6, 6.07) is 3.01. The summed E-state index contributed by atoms with van der Waals surface area (Å²) in [4.78, 5) is 23.1. The fourth-order valence-corrected chi connectivity index (χ4v) is 1.85. The maximum absolute atomic E-state index is 11.8. The maximum Gasteiger partial charge on any atom is 0.251 e. The fourth-order valence-electron chi connectivity index (χ4n) is 1.52. The van der Waals surface area contributed by atoms with Crippen LogP contribution in [0.5, 0.6) is 0 Å². The Kier molecular flexibility index (Phi) is 6.12. The van der Waals surface area contributed by atoms with Crippen molar-refractivity contribution in [2.45, 2.75) is 19.8 Å². The lowest BCUT2D eigenvalue weighted by Gasteiger charge is -2.08. The second-order valence-electron chi connectivity index (χ2n) is 4.52. The van der Waals surface area contributed by atoms with E-state index >= 15 is 0 Å². The van der Waals surface area contributed by atoms with Gasteiger partial charge in [0, 0.05) is 36.7 Å². The maximum atomic E-state index is 11.8. The van der Waals surface area contributed by atoms with Crippen LogP contribution < -0.4 is 10.9 Å². The van der Waals surface area contributed by atoms with Crippen molar-refractivity contribution in [2.75, 3.05) is 11.9 Å². The van der Waals surface area contributed by atoms with Crippen LogP contribution in [0.1, 0.15) is 30.1 Å². The van der Waals surface area contributed by atoms with Crippen LogP contribution in [0.2, 0.25) is 0 Å². The molecular weight excluding hydrogens is 296 g/mol. The molecule has 0 spiro atoms. The van der Waals surface area contributed by atoms with Gasteiger partial charge in [-0.15, -0.1) is 0 Å². The number of aryl methyl sites for hydroxylation is 1. The summed E-state index contributed by atoms with van der Waals surface area (Å²) in [7, 11) is 1.66. The minimum atomic E-state index is -0.181. The number of pyridine rings is 1. The molecule has 0 aromatic carbocycles. The van der Waals surface area contributed by atoms with Gasteiger partial charge in [0.25, 0.3) is 11.5 Å². The predicted molar refractivity (Wildman–Crippen MR) is 76.2 cm³/mol. The quantitative estimate of drug-likeness (QED) is 0.644. The third-order valence-corrected chi connectivity index (χ3v) is 3.89. The van der Waals surface area contributed by atoms with Crippen LogP contribution in [0.15, 0.2) is 23.1 Å². The van der Waals surface area contributed by atoms with Crippen molar-refractivity contribution in [3.63, 3.8) is 0 Å². The predicted octanol–water partition coefficient (Wildman–Crippen LogP) is 1.93. The Hall–Kier alpha value is -1.10. The molecule has 0 saturated heterocycles. The number of hydrogen-bond acceptors (Lipinski definition) is 2. The van der Waals surface area contributed by atoms with Crippen molar-refractivity contribution in [1.82, 2.24) is 9.88 Å². The van der Waals surface area contributed by atoms with E-state index < -0.39 is 0 Å². The Bertz CT molecular complexity index is 457. The van der Waals surface area contributed by atoms with Crippen molar-refractivity contribution in [3.05, 3.63) is 34.2 Å². The molecule has 5 heteroatoms. The van der Waals surface area contributed by atoms with E-state index in [1.807, 2.05) is 0 Å². The molecule has 1 unspecified atom stereocenters. The van der Waals surface area contributed by atoms with Crippen LogP contribution >= 0.6 is 15.9 Å². The second-order valence-corrected chi connectivity index (χ2v) is 5.17. The molecule has 0 aliphatic carbocycles. The van der Waals surface area contributed by atoms with E-state index in [1.165, 1.54) is 10.6 Å². The van der Waals surface area contributed by atoms with Gasteiger partial charge in [0.1, 0.15) is 0 Å². The summed E-state index contributed by atoms with van der Waals surface area (Å²) in [5.41, 5.74) is 0.252.